The third-order valence-corrected chi connectivity index (χ3v) is 6.81. The average Bonchev–Trinajstić information content (AvgIpc) is 3.32. The van der Waals surface area contributed by atoms with Crippen LogP contribution in [0, 0.1) is 0 Å². The molecule has 2 aliphatic rings. The second-order valence-corrected chi connectivity index (χ2v) is 8.45. The van der Waals surface area contributed by atoms with Gasteiger partial charge in [0.1, 0.15) is 5.00 Å². The zero-order chi connectivity index (χ0) is 20.4. The molecule has 0 unspecified atom stereocenters. The summed E-state index contributed by atoms with van der Waals surface area (Å²) in [6.45, 7) is 3.22. The molecule has 1 aromatic carbocycles. The fourth-order valence-electron chi connectivity index (χ4n) is 4.09. The molecule has 29 heavy (non-hydrogen) atoms. The summed E-state index contributed by atoms with van der Waals surface area (Å²) in [5.41, 5.74) is 2.63. The van der Waals surface area contributed by atoms with E-state index < -0.39 is 11.8 Å². The molecule has 1 aliphatic carbocycles. The Morgan fingerprint density at radius 3 is 2.59 bits per heavy atom. The number of anilines is 1. The fraction of sp³-hybridized carbons (Fsp3) is 0.455. The number of rotatable bonds is 5. The molecule has 154 valence electrons. The molecule has 7 heteroatoms. The van der Waals surface area contributed by atoms with Gasteiger partial charge in [0, 0.05) is 31.2 Å². The lowest BCUT2D eigenvalue weighted by atomic mass is 9.90. The van der Waals surface area contributed by atoms with E-state index in [0.29, 0.717) is 56.0 Å². The van der Waals surface area contributed by atoms with Gasteiger partial charge in [-0.25, -0.2) is 4.79 Å². The minimum Gasteiger partial charge on any atom is -0.465 e. The van der Waals surface area contributed by atoms with E-state index in [-0.39, 0.29) is 5.91 Å². The topological polar surface area (TPSA) is 65.1 Å². The maximum absolute atomic E-state index is 12.7. The molecule has 2 aromatic rings. The highest BCUT2D eigenvalue weighted by atomic mass is 32.1. The number of esters is 1. The van der Waals surface area contributed by atoms with E-state index in [0.717, 1.165) is 16.0 Å². The Morgan fingerprint density at radius 1 is 1.21 bits per heavy atom. The Hall–Kier alpha value is -2.22. The zero-order valence-corrected chi connectivity index (χ0v) is 17.5. The van der Waals surface area contributed by atoms with Crippen molar-refractivity contribution in [3.05, 3.63) is 51.9 Å². The molecule has 1 spiro atoms. The normalized spacial score (nSPS) is 17.2. The van der Waals surface area contributed by atoms with Gasteiger partial charge in [0.25, 0.3) is 0 Å². The third kappa shape index (κ3) is 3.95. The molecule has 4 rings (SSSR count). The van der Waals surface area contributed by atoms with Crippen molar-refractivity contribution in [3.63, 3.8) is 0 Å². The quantitative estimate of drug-likeness (QED) is 0.701. The highest BCUT2D eigenvalue weighted by molar-refractivity contribution is 7.17. The van der Waals surface area contributed by atoms with Gasteiger partial charge in [-0.05, 0) is 24.0 Å². The van der Waals surface area contributed by atoms with Crippen LogP contribution in [0.5, 0.6) is 0 Å². The second-order valence-electron chi connectivity index (χ2n) is 7.37. The van der Waals surface area contributed by atoms with Crippen molar-refractivity contribution in [1.29, 1.82) is 0 Å². The summed E-state index contributed by atoms with van der Waals surface area (Å²) >= 11 is 1.48. The number of benzene rings is 1. The molecule has 1 aliphatic heterocycles. The number of fused-ring (bicyclic) bond motifs is 1. The monoisotopic (exact) mass is 415 g/mol. The minimum absolute atomic E-state index is 0.0900. The lowest BCUT2D eigenvalue weighted by Gasteiger charge is -2.31. The molecule has 1 fully saturated rings. The Labute approximate surface area is 174 Å². The van der Waals surface area contributed by atoms with E-state index in [1.807, 2.05) is 30.3 Å². The highest BCUT2D eigenvalue weighted by Crippen LogP contribution is 2.45. The summed E-state index contributed by atoms with van der Waals surface area (Å²) in [5, 5.41) is 0.667. The number of hydrogen-bond acceptors (Lipinski definition) is 6. The van der Waals surface area contributed by atoms with Crippen molar-refractivity contribution in [2.24, 2.45) is 0 Å². The van der Waals surface area contributed by atoms with Gasteiger partial charge in [-0.2, -0.15) is 0 Å². The number of thiophene rings is 1. The van der Waals surface area contributed by atoms with Crippen LogP contribution in [0.15, 0.2) is 30.3 Å². The lowest BCUT2D eigenvalue weighted by molar-refractivity contribution is -0.163. The summed E-state index contributed by atoms with van der Waals surface area (Å²) in [6.07, 6.45) is 2.67. The first kappa shape index (κ1) is 20.1. The van der Waals surface area contributed by atoms with Crippen LogP contribution < -0.4 is 4.90 Å². The van der Waals surface area contributed by atoms with Crippen molar-refractivity contribution in [2.75, 3.05) is 31.8 Å². The van der Waals surface area contributed by atoms with Gasteiger partial charge in [-0.15, -0.1) is 11.3 Å². The molecule has 0 atom stereocenters. The van der Waals surface area contributed by atoms with Crippen molar-refractivity contribution < 1.29 is 23.8 Å². The van der Waals surface area contributed by atoms with Crippen molar-refractivity contribution >= 4 is 28.2 Å². The Bertz CT molecular complexity index is 901. The van der Waals surface area contributed by atoms with E-state index in [1.54, 1.807) is 4.90 Å². The van der Waals surface area contributed by atoms with E-state index in [2.05, 4.69) is 0 Å². The van der Waals surface area contributed by atoms with Crippen LogP contribution in [0.1, 0.15) is 39.7 Å². The largest absolute Gasteiger partial charge is 0.465 e. The molecule has 6 nitrogen and oxygen atoms in total. The summed E-state index contributed by atoms with van der Waals surface area (Å²) in [6, 6.07) is 10.0. The third-order valence-electron chi connectivity index (χ3n) is 5.55. The molecular weight excluding hydrogens is 390 g/mol. The molecule has 0 N–H and O–H groups in total. The first-order chi connectivity index (χ1) is 14.0. The van der Waals surface area contributed by atoms with E-state index in [9.17, 15) is 9.59 Å². The van der Waals surface area contributed by atoms with E-state index in [1.165, 1.54) is 25.4 Å². The standard InChI is InChI=1S/C22H25NO5S/c1-15(24)23(11-9-16-6-4-3-5-7-16)20-19(21(25)26-2)17-8-10-22(14-18(17)29-20)27-12-13-28-22/h3-7H,8-14H2,1-2H3. The van der Waals surface area contributed by atoms with Crippen LogP contribution in [0.2, 0.25) is 0 Å². The number of carbonyl (C=O) groups excluding carboxylic acids is 2. The second kappa shape index (κ2) is 8.26. The van der Waals surface area contributed by atoms with Gasteiger partial charge < -0.3 is 19.1 Å². The maximum atomic E-state index is 12.7. The SMILES string of the molecule is COC(=O)c1c(N(CCc2ccccc2)C(C)=O)sc2c1CCC1(C2)OCCO1. The van der Waals surface area contributed by atoms with Crippen LogP contribution in [0.4, 0.5) is 5.00 Å². The predicted octanol–water partition coefficient (Wildman–Crippen LogP) is 3.36. The first-order valence-corrected chi connectivity index (χ1v) is 10.7. The molecule has 1 saturated heterocycles. The van der Waals surface area contributed by atoms with Crippen molar-refractivity contribution in [2.45, 2.75) is 38.4 Å². The zero-order valence-electron chi connectivity index (χ0n) is 16.7. The molecule has 0 saturated carbocycles. The van der Waals surface area contributed by atoms with Gasteiger partial charge in [-0.1, -0.05) is 30.3 Å². The van der Waals surface area contributed by atoms with Crippen LogP contribution in [0.3, 0.4) is 0 Å². The van der Waals surface area contributed by atoms with Gasteiger partial charge in [0.15, 0.2) is 5.79 Å². The van der Waals surface area contributed by atoms with Crippen molar-refractivity contribution in [3.8, 4) is 0 Å². The summed E-state index contributed by atoms with van der Waals surface area (Å²) in [4.78, 5) is 27.9. The van der Waals surface area contributed by atoms with Gasteiger partial charge in [0.05, 0.1) is 25.9 Å². The molecule has 0 bridgehead atoms. The number of ether oxygens (including phenoxy) is 3. The number of nitrogens with zero attached hydrogens (tertiary/aromatic N) is 1. The maximum Gasteiger partial charge on any atom is 0.341 e. The number of hydrogen-bond donors (Lipinski definition) is 0. The van der Waals surface area contributed by atoms with Crippen molar-refractivity contribution in [1.82, 2.24) is 0 Å². The van der Waals surface area contributed by atoms with Crippen LogP contribution >= 0.6 is 11.3 Å². The van der Waals surface area contributed by atoms with Crippen LogP contribution in [-0.4, -0.2) is 44.5 Å². The van der Waals surface area contributed by atoms with Gasteiger partial charge in [-0.3, -0.25) is 4.79 Å². The van der Waals surface area contributed by atoms with E-state index >= 15 is 0 Å². The Kier molecular flexibility index (Phi) is 5.72. The number of carbonyl (C=O) groups is 2. The minimum atomic E-state index is -0.590. The number of amides is 1. The lowest BCUT2D eigenvalue weighted by Crippen LogP contribution is -2.36. The average molecular weight is 416 g/mol. The first-order valence-electron chi connectivity index (χ1n) is 9.86. The van der Waals surface area contributed by atoms with Crippen LogP contribution in [-0.2, 0) is 38.3 Å². The molecule has 1 amide bonds. The predicted molar refractivity (Wildman–Crippen MR) is 110 cm³/mol. The summed E-state index contributed by atoms with van der Waals surface area (Å²) < 4.78 is 16.8. The molecule has 2 heterocycles. The number of methoxy groups -OCH3 is 1. The smallest absolute Gasteiger partial charge is 0.341 e. The molecular formula is C22H25NO5S. The molecule has 0 radical (unpaired) electrons. The van der Waals surface area contributed by atoms with Crippen LogP contribution in [0.25, 0.3) is 0 Å². The Morgan fingerprint density at radius 2 is 1.93 bits per heavy atom. The fourth-order valence-corrected chi connectivity index (χ4v) is 5.58. The van der Waals surface area contributed by atoms with Gasteiger partial charge in [0.2, 0.25) is 5.91 Å². The Balaban J connectivity index is 1.68. The van der Waals surface area contributed by atoms with Gasteiger partial charge >= 0.3 is 5.97 Å². The van der Waals surface area contributed by atoms with E-state index in [4.69, 9.17) is 14.2 Å². The highest BCUT2D eigenvalue weighted by Gasteiger charge is 2.43. The molecule has 1 aromatic heterocycles. The summed E-state index contributed by atoms with van der Waals surface area (Å²) in [7, 11) is 1.38. The summed E-state index contributed by atoms with van der Waals surface area (Å²) in [5.74, 6) is -1.08.